The molecule has 72 valence electrons. The number of phenols is 1. The topological polar surface area (TPSA) is 89.6 Å². The largest absolute Gasteiger partial charge is 0.508 e. The number of hydrogen-bond acceptors (Lipinski definition) is 5. The molecule has 0 saturated carbocycles. The summed E-state index contributed by atoms with van der Waals surface area (Å²) in [5.41, 5.74) is 5.32. The van der Waals surface area contributed by atoms with Crippen molar-refractivity contribution in [1.82, 2.24) is 0 Å². The van der Waals surface area contributed by atoms with Gasteiger partial charge in [-0.2, -0.15) is 8.42 Å². The fourth-order valence-corrected chi connectivity index (χ4v) is 1.62. The zero-order valence-corrected chi connectivity index (χ0v) is 7.71. The number of phenolic OH excluding ortho intramolecular Hbond substituents is 1. The first-order chi connectivity index (χ1) is 5.97. The first-order valence-electron chi connectivity index (χ1n) is 3.36. The summed E-state index contributed by atoms with van der Waals surface area (Å²) in [5, 5.41) is 8.96. The zero-order chi connectivity index (χ0) is 10.1. The molecule has 0 fully saturated rings. The van der Waals surface area contributed by atoms with E-state index in [9.17, 15) is 8.42 Å². The summed E-state index contributed by atoms with van der Waals surface area (Å²) >= 11 is 0. The van der Waals surface area contributed by atoms with Gasteiger partial charge in [0.2, 0.25) is 0 Å². The third-order valence-electron chi connectivity index (χ3n) is 1.48. The molecular formula is C7H9NO4S. The van der Waals surface area contributed by atoms with Crippen molar-refractivity contribution < 1.29 is 17.7 Å². The Morgan fingerprint density at radius 2 is 2.08 bits per heavy atom. The van der Waals surface area contributed by atoms with E-state index in [2.05, 4.69) is 4.18 Å². The second-order valence-corrected chi connectivity index (χ2v) is 4.02. The molecule has 0 amide bonds. The number of nitrogen functional groups attached to an aromatic ring is 1. The van der Waals surface area contributed by atoms with Crippen LogP contribution in [0.2, 0.25) is 0 Å². The minimum absolute atomic E-state index is 0.0400. The van der Waals surface area contributed by atoms with Gasteiger partial charge < -0.3 is 10.8 Å². The van der Waals surface area contributed by atoms with Crippen LogP contribution in [0.3, 0.4) is 0 Å². The molecule has 0 aliphatic carbocycles. The number of aromatic hydroxyl groups is 1. The minimum atomic E-state index is -3.78. The van der Waals surface area contributed by atoms with Crippen molar-refractivity contribution in [2.24, 2.45) is 0 Å². The molecule has 6 heteroatoms. The number of anilines is 1. The van der Waals surface area contributed by atoms with Crippen molar-refractivity contribution in [2.45, 2.75) is 4.90 Å². The van der Waals surface area contributed by atoms with Crippen molar-refractivity contribution in [3.05, 3.63) is 18.2 Å². The van der Waals surface area contributed by atoms with Crippen LogP contribution in [0.5, 0.6) is 5.75 Å². The summed E-state index contributed by atoms with van der Waals surface area (Å²) in [7, 11) is -2.74. The first kappa shape index (κ1) is 9.82. The van der Waals surface area contributed by atoms with Gasteiger partial charge in [0.25, 0.3) is 10.1 Å². The molecule has 0 saturated heterocycles. The Morgan fingerprint density at radius 3 is 2.54 bits per heavy atom. The predicted molar refractivity (Wildman–Crippen MR) is 46.7 cm³/mol. The van der Waals surface area contributed by atoms with Crippen molar-refractivity contribution in [3.63, 3.8) is 0 Å². The Morgan fingerprint density at radius 1 is 1.46 bits per heavy atom. The summed E-state index contributed by atoms with van der Waals surface area (Å²) < 4.78 is 26.6. The van der Waals surface area contributed by atoms with Crippen LogP contribution >= 0.6 is 0 Å². The van der Waals surface area contributed by atoms with Gasteiger partial charge in [0.15, 0.2) is 0 Å². The van der Waals surface area contributed by atoms with Crippen LogP contribution in [-0.2, 0) is 14.3 Å². The number of nitrogens with two attached hydrogens (primary N) is 1. The van der Waals surface area contributed by atoms with E-state index in [1.165, 1.54) is 12.1 Å². The van der Waals surface area contributed by atoms with E-state index in [1.807, 2.05) is 0 Å². The van der Waals surface area contributed by atoms with Crippen LogP contribution in [0.25, 0.3) is 0 Å². The Balaban J connectivity index is 3.33. The van der Waals surface area contributed by atoms with E-state index in [4.69, 9.17) is 10.8 Å². The molecule has 0 radical (unpaired) electrons. The van der Waals surface area contributed by atoms with Crippen molar-refractivity contribution in [2.75, 3.05) is 12.8 Å². The number of benzene rings is 1. The molecule has 0 atom stereocenters. The Hall–Kier alpha value is -1.27. The zero-order valence-electron chi connectivity index (χ0n) is 6.89. The standard InChI is InChI=1S/C7H9NO4S/c1-12-13(10,11)7-3-2-5(9)4-6(7)8/h2-4,9H,8H2,1H3. The maximum atomic E-state index is 11.1. The number of rotatable bonds is 2. The van der Waals surface area contributed by atoms with Crippen LogP contribution in [0.15, 0.2) is 23.1 Å². The average Bonchev–Trinajstić information content (AvgIpc) is 2.03. The lowest BCUT2D eigenvalue weighted by molar-refractivity contribution is 0.398. The van der Waals surface area contributed by atoms with E-state index >= 15 is 0 Å². The minimum Gasteiger partial charge on any atom is -0.508 e. The Labute approximate surface area is 75.9 Å². The van der Waals surface area contributed by atoms with Crippen molar-refractivity contribution >= 4 is 15.8 Å². The highest BCUT2D eigenvalue weighted by atomic mass is 32.2. The summed E-state index contributed by atoms with van der Waals surface area (Å²) in [6.45, 7) is 0. The lowest BCUT2D eigenvalue weighted by Gasteiger charge is -2.04. The summed E-state index contributed by atoms with van der Waals surface area (Å²) in [4.78, 5) is -0.146. The lowest BCUT2D eigenvalue weighted by atomic mass is 10.3. The fourth-order valence-electron chi connectivity index (χ4n) is 0.853. The Kier molecular flexibility index (Phi) is 2.44. The molecule has 3 N–H and O–H groups in total. The molecule has 0 aliphatic heterocycles. The molecule has 0 bridgehead atoms. The van der Waals surface area contributed by atoms with Crippen LogP contribution in [0.4, 0.5) is 5.69 Å². The van der Waals surface area contributed by atoms with Crippen LogP contribution in [0.1, 0.15) is 0 Å². The van der Waals surface area contributed by atoms with E-state index in [1.54, 1.807) is 0 Å². The SMILES string of the molecule is COS(=O)(=O)c1ccc(O)cc1N. The Bertz CT molecular complexity index is 413. The van der Waals surface area contributed by atoms with Gasteiger partial charge in [-0.15, -0.1) is 0 Å². The molecule has 1 aromatic rings. The normalized spacial score (nSPS) is 11.5. The van der Waals surface area contributed by atoms with E-state index in [0.29, 0.717) is 0 Å². The summed E-state index contributed by atoms with van der Waals surface area (Å²) in [5.74, 6) is -0.0902. The van der Waals surface area contributed by atoms with Gasteiger partial charge >= 0.3 is 0 Å². The lowest BCUT2D eigenvalue weighted by Crippen LogP contribution is -2.05. The van der Waals surface area contributed by atoms with Crippen LogP contribution < -0.4 is 5.73 Å². The number of hydrogen-bond donors (Lipinski definition) is 2. The van der Waals surface area contributed by atoms with E-state index in [-0.39, 0.29) is 16.3 Å². The first-order valence-corrected chi connectivity index (χ1v) is 4.77. The maximum absolute atomic E-state index is 11.1. The molecule has 0 heterocycles. The maximum Gasteiger partial charge on any atom is 0.298 e. The van der Waals surface area contributed by atoms with Gasteiger partial charge in [-0.05, 0) is 12.1 Å². The molecule has 0 aliphatic rings. The fraction of sp³-hybridized carbons (Fsp3) is 0.143. The average molecular weight is 203 g/mol. The van der Waals surface area contributed by atoms with E-state index < -0.39 is 10.1 Å². The third kappa shape index (κ3) is 1.90. The highest BCUT2D eigenvalue weighted by molar-refractivity contribution is 7.87. The molecule has 1 aromatic carbocycles. The highest BCUT2D eigenvalue weighted by Gasteiger charge is 2.16. The van der Waals surface area contributed by atoms with Crippen LogP contribution in [-0.4, -0.2) is 20.6 Å². The van der Waals surface area contributed by atoms with Gasteiger partial charge in [0, 0.05) is 6.07 Å². The van der Waals surface area contributed by atoms with Crippen molar-refractivity contribution in [3.8, 4) is 5.75 Å². The molecular weight excluding hydrogens is 194 g/mol. The smallest absolute Gasteiger partial charge is 0.298 e. The molecule has 0 aromatic heterocycles. The molecule has 1 rings (SSSR count). The van der Waals surface area contributed by atoms with Crippen molar-refractivity contribution in [1.29, 1.82) is 0 Å². The summed E-state index contributed by atoms with van der Waals surface area (Å²) in [6, 6.07) is 3.55. The highest BCUT2D eigenvalue weighted by Crippen LogP contribution is 2.23. The van der Waals surface area contributed by atoms with Crippen LogP contribution in [0, 0.1) is 0 Å². The molecule has 5 nitrogen and oxygen atoms in total. The molecule has 0 unspecified atom stereocenters. The quantitative estimate of drug-likeness (QED) is 0.533. The monoisotopic (exact) mass is 203 g/mol. The summed E-state index contributed by atoms with van der Waals surface area (Å²) in [6.07, 6.45) is 0. The molecule has 13 heavy (non-hydrogen) atoms. The van der Waals surface area contributed by atoms with Gasteiger partial charge in [-0.3, -0.25) is 4.18 Å². The van der Waals surface area contributed by atoms with E-state index in [0.717, 1.165) is 13.2 Å². The molecule has 0 spiro atoms. The van der Waals surface area contributed by atoms with Gasteiger partial charge in [-0.25, -0.2) is 0 Å². The third-order valence-corrected chi connectivity index (χ3v) is 2.83. The van der Waals surface area contributed by atoms with Gasteiger partial charge in [0.05, 0.1) is 12.8 Å². The van der Waals surface area contributed by atoms with Gasteiger partial charge in [0.1, 0.15) is 10.6 Å². The second-order valence-electron chi connectivity index (χ2n) is 2.34. The predicted octanol–water partition coefficient (Wildman–Crippen LogP) is 0.310. The second kappa shape index (κ2) is 3.23. The van der Waals surface area contributed by atoms with Gasteiger partial charge in [-0.1, -0.05) is 0 Å².